The van der Waals surface area contributed by atoms with Crippen LogP contribution in [0.3, 0.4) is 0 Å². The Labute approximate surface area is 130 Å². The summed E-state index contributed by atoms with van der Waals surface area (Å²) < 4.78 is 2.04. The van der Waals surface area contributed by atoms with E-state index in [-0.39, 0.29) is 24.1 Å². The number of phenolic OH excluding ortho intramolecular Hbond substituents is 1. The second-order valence-electron chi connectivity index (χ2n) is 4.71. The predicted molar refractivity (Wildman–Crippen MR) is 84.7 cm³/mol. The number of rotatable bonds is 7. The maximum atomic E-state index is 11.7. The molecule has 2 aromatic rings. The molecule has 6 heteroatoms. The fraction of sp³-hybridized carbons (Fsp3) is 0.333. The average molecular weight is 310 g/mol. The van der Waals surface area contributed by atoms with Crippen molar-refractivity contribution in [1.82, 2.24) is 9.55 Å². The molecule has 1 amide bonds. The van der Waals surface area contributed by atoms with E-state index in [0.29, 0.717) is 12.1 Å². The minimum absolute atomic E-state index is 0. The highest BCUT2D eigenvalue weighted by molar-refractivity contribution is 5.90. The van der Waals surface area contributed by atoms with Crippen molar-refractivity contribution in [2.24, 2.45) is 0 Å². The lowest BCUT2D eigenvalue weighted by atomic mass is 10.2. The fourth-order valence-electron chi connectivity index (χ4n) is 1.94. The lowest BCUT2D eigenvalue weighted by molar-refractivity contribution is -0.116. The summed E-state index contributed by atoms with van der Waals surface area (Å²) in [5.41, 5.74) is 0.714. The molecule has 5 nitrogen and oxygen atoms in total. The van der Waals surface area contributed by atoms with Crippen LogP contribution in [0.5, 0.6) is 5.75 Å². The molecule has 1 heterocycles. The van der Waals surface area contributed by atoms with Gasteiger partial charge in [-0.25, -0.2) is 4.98 Å². The molecule has 0 aliphatic rings. The zero-order chi connectivity index (χ0) is 14.2. The summed E-state index contributed by atoms with van der Waals surface area (Å²) in [7, 11) is 0. The number of nitrogens with zero attached hydrogens (tertiary/aromatic N) is 2. The second-order valence-corrected chi connectivity index (χ2v) is 4.71. The van der Waals surface area contributed by atoms with Gasteiger partial charge in [-0.05, 0) is 37.1 Å². The number of phenols is 1. The maximum absolute atomic E-state index is 11.7. The van der Waals surface area contributed by atoms with Gasteiger partial charge in [0.2, 0.25) is 5.91 Å². The first kappa shape index (κ1) is 17.0. The summed E-state index contributed by atoms with van der Waals surface area (Å²) in [5, 5.41) is 12.0. The van der Waals surface area contributed by atoms with E-state index in [9.17, 15) is 4.79 Å². The van der Waals surface area contributed by atoms with Crippen LogP contribution in [0.1, 0.15) is 25.7 Å². The monoisotopic (exact) mass is 309 g/mol. The van der Waals surface area contributed by atoms with E-state index in [2.05, 4.69) is 10.3 Å². The molecule has 0 bridgehead atoms. The standard InChI is InChI=1S/C15H19N3O2.ClH/c19-14-7-5-13(6-8-14)17-15(20)4-2-1-3-10-18-11-9-16-12-18;/h5-9,11-12,19H,1-4,10H2,(H,17,20);1H. The summed E-state index contributed by atoms with van der Waals surface area (Å²) in [6.45, 7) is 0.944. The third-order valence-corrected chi connectivity index (χ3v) is 3.03. The van der Waals surface area contributed by atoms with Crippen molar-refractivity contribution in [3.63, 3.8) is 0 Å². The molecule has 0 saturated heterocycles. The van der Waals surface area contributed by atoms with E-state index in [0.717, 1.165) is 25.8 Å². The van der Waals surface area contributed by atoms with Crippen LogP contribution in [0, 0.1) is 0 Å². The highest BCUT2D eigenvalue weighted by atomic mass is 35.5. The van der Waals surface area contributed by atoms with Gasteiger partial charge in [0.1, 0.15) is 5.75 Å². The zero-order valence-electron chi connectivity index (χ0n) is 11.7. The highest BCUT2D eigenvalue weighted by Gasteiger charge is 2.02. The van der Waals surface area contributed by atoms with Gasteiger partial charge in [0.05, 0.1) is 6.33 Å². The van der Waals surface area contributed by atoms with Gasteiger partial charge in [-0.2, -0.15) is 0 Å². The number of hydrogen-bond donors (Lipinski definition) is 2. The molecule has 114 valence electrons. The van der Waals surface area contributed by atoms with Crippen LogP contribution in [0.25, 0.3) is 0 Å². The van der Waals surface area contributed by atoms with Gasteiger partial charge in [0, 0.05) is 31.0 Å². The van der Waals surface area contributed by atoms with Crippen LogP contribution in [-0.4, -0.2) is 20.6 Å². The van der Waals surface area contributed by atoms with Crippen molar-refractivity contribution >= 4 is 24.0 Å². The average Bonchev–Trinajstić information content (AvgIpc) is 2.94. The van der Waals surface area contributed by atoms with Crippen LogP contribution in [0.2, 0.25) is 0 Å². The quantitative estimate of drug-likeness (QED) is 0.609. The van der Waals surface area contributed by atoms with Gasteiger partial charge >= 0.3 is 0 Å². The summed E-state index contributed by atoms with van der Waals surface area (Å²) >= 11 is 0. The molecular formula is C15H20ClN3O2. The lowest BCUT2D eigenvalue weighted by Crippen LogP contribution is -2.10. The zero-order valence-corrected chi connectivity index (χ0v) is 12.6. The van der Waals surface area contributed by atoms with Gasteiger partial charge in [-0.15, -0.1) is 12.4 Å². The van der Waals surface area contributed by atoms with Crippen molar-refractivity contribution in [2.45, 2.75) is 32.2 Å². The molecule has 0 radical (unpaired) electrons. The van der Waals surface area contributed by atoms with Crippen molar-refractivity contribution in [2.75, 3.05) is 5.32 Å². The molecule has 2 N–H and O–H groups in total. The Kier molecular flexibility index (Phi) is 7.32. The molecule has 1 aromatic carbocycles. The Balaban J connectivity index is 0.00000220. The van der Waals surface area contributed by atoms with Crippen LogP contribution in [0.15, 0.2) is 43.0 Å². The van der Waals surface area contributed by atoms with Gasteiger partial charge in [0.15, 0.2) is 0 Å². The van der Waals surface area contributed by atoms with Crippen LogP contribution < -0.4 is 5.32 Å². The minimum atomic E-state index is 0. The Morgan fingerprint density at radius 3 is 2.62 bits per heavy atom. The van der Waals surface area contributed by atoms with Crippen molar-refractivity contribution in [3.8, 4) is 5.75 Å². The number of benzene rings is 1. The Morgan fingerprint density at radius 2 is 1.95 bits per heavy atom. The normalized spacial score (nSPS) is 9.90. The molecule has 2 rings (SSSR count). The number of carbonyl (C=O) groups excluding carboxylic acids is 1. The fourth-order valence-corrected chi connectivity index (χ4v) is 1.94. The van der Waals surface area contributed by atoms with Gasteiger partial charge in [-0.1, -0.05) is 6.42 Å². The summed E-state index contributed by atoms with van der Waals surface area (Å²) in [5.74, 6) is 0.209. The van der Waals surface area contributed by atoms with Crippen molar-refractivity contribution in [1.29, 1.82) is 0 Å². The Bertz CT molecular complexity index is 526. The number of nitrogens with one attached hydrogen (secondary N) is 1. The molecule has 21 heavy (non-hydrogen) atoms. The minimum Gasteiger partial charge on any atom is -0.508 e. The number of imidazole rings is 1. The Hall–Kier alpha value is -2.01. The lowest BCUT2D eigenvalue weighted by Gasteiger charge is -2.05. The van der Waals surface area contributed by atoms with E-state index in [1.54, 1.807) is 36.8 Å². The number of aryl methyl sites for hydroxylation is 1. The molecule has 0 atom stereocenters. The number of hydrogen-bond acceptors (Lipinski definition) is 3. The second kappa shape index (κ2) is 9.02. The molecular weight excluding hydrogens is 290 g/mol. The van der Waals surface area contributed by atoms with Gasteiger partial charge in [-0.3, -0.25) is 4.79 Å². The molecule has 0 aliphatic carbocycles. The number of amides is 1. The number of aromatic nitrogens is 2. The smallest absolute Gasteiger partial charge is 0.224 e. The number of halogens is 1. The molecule has 0 aliphatic heterocycles. The van der Waals surface area contributed by atoms with E-state index < -0.39 is 0 Å². The summed E-state index contributed by atoms with van der Waals surface area (Å²) in [6, 6.07) is 6.49. The number of aromatic hydroxyl groups is 1. The molecule has 0 fully saturated rings. The van der Waals surface area contributed by atoms with Gasteiger partial charge in [0.25, 0.3) is 0 Å². The van der Waals surface area contributed by atoms with Crippen LogP contribution in [0.4, 0.5) is 5.69 Å². The molecule has 1 aromatic heterocycles. The van der Waals surface area contributed by atoms with E-state index in [1.807, 2.05) is 10.8 Å². The summed E-state index contributed by atoms with van der Waals surface area (Å²) in [6.07, 6.45) is 8.97. The number of carbonyl (C=O) groups is 1. The molecule has 0 spiro atoms. The number of anilines is 1. The van der Waals surface area contributed by atoms with Crippen molar-refractivity contribution in [3.05, 3.63) is 43.0 Å². The maximum Gasteiger partial charge on any atom is 0.224 e. The van der Waals surface area contributed by atoms with E-state index in [1.165, 1.54) is 0 Å². The predicted octanol–water partition coefficient (Wildman–Crippen LogP) is 3.21. The first-order valence-electron chi connectivity index (χ1n) is 6.79. The van der Waals surface area contributed by atoms with Gasteiger partial charge < -0.3 is 15.0 Å². The van der Waals surface area contributed by atoms with E-state index >= 15 is 0 Å². The van der Waals surface area contributed by atoms with Crippen molar-refractivity contribution < 1.29 is 9.90 Å². The third-order valence-electron chi connectivity index (χ3n) is 3.03. The SMILES string of the molecule is Cl.O=C(CCCCCn1ccnc1)Nc1ccc(O)cc1. The van der Waals surface area contributed by atoms with Crippen LogP contribution in [-0.2, 0) is 11.3 Å². The largest absolute Gasteiger partial charge is 0.508 e. The molecule has 0 saturated carbocycles. The van der Waals surface area contributed by atoms with Crippen LogP contribution >= 0.6 is 12.4 Å². The first-order valence-corrected chi connectivity index (χ1v) is 6.79. The Morgan fingerprint density at radius 1 is 1.19 bits per heavy atom. The topological polar surface area (TPSA) is 67.2 Å². The highest BCUT2D eigenvalue weighted by Crippen LogP contribution is 2.14. The first-order chi connectivity index (χ1) is 9.74. The third kappa shape index (κ3) is 6.31. The number of unbranched alkanes of at least 4 members (excludes halogenated alkanes) is 2. The van der Waals surface area contributed by atoms with E-state index in [4.69, 9.17) is 5.11 Å². The summed E-state index contributed by atoms with van der Waals surface area (Å²) in [4.78, 5) is 15.7. The molecule has 0 unspecified atom stereocenters.